The van der Waals surface area contributed by atoms with Crippen LogP contribution in [0.3, 0.4) is 0 Å². The second-order valence-corrected chi connectivity index (χ2v) is 4.21. The number of rotatable bonds is 5. The molecule has 1 aromatic rings. The summed E-state index contributed by atoms with van der Waals surface area (Å²) in [6.07, 6.45) is -4.43. The molecule has 0 saturated carbocycles. The molecule has 4 nitrogen and oxygen atoms in total. The average molecular weight is 256 g/mol. The molecule has 0 unspecified atom stereocenters. The first-order valence-corrected chi connectivity index (χ1v) is 5.84. The Hall–Kier alpha value is -1.01. The van der Waals surface area contributed by atoms with E-state index in [4.69, 9.17) is 14.2 Å². The van der Waals surface area contributed by atoms with Crippen LogP contribution in [0.1, 0.15) is 5.56 Å². The number of hydrogen-bond donors (Lipinski definition) is 1. The van der Waals surface area contributed by atoms with Crippen LogP contribution in [0.25, 0.3) is 0 Å². The molecule has 4 atom stereocenters. The summed E-state index contributed by atoms with van der Waals surface area (Å²) in [5.41, 5.74) is 1.02. The molecular weight excluding hydrogens is 239 g/mol. The van der Waals surface area contributed by atoms with E-state index in [0.29, 0.717) is 6.61 Å². The highest BCUT2D eigenvalue weighted by Gasteiger charge is 2.44. The predicted octanol–water partition coefficient (Wildman–Crippen LogP) is 1.27. The molecule has 0 bridgehead atoms. The first kappa shape index (κ1) is 13.4. The minimum absolute atomic E-state index is 0.135. The van der Waals surface area contributed by atoms with Gasteiger partial charge in [-0.3, -0.25) is 0 Å². The summed E-state index contributed by atoms with van der Waals surface area (Å²) in [6.45, 7) is 0.540. The van der Waals surface area contributed by atoms with E-state index < -0.39 is 24.7 Å². The summed E-state index contributed by atoms with van der Waals surface area (Å²) < 4.78 is 28.8. The third-order valence-corrected chi connectivity index (χ3v) is 2.90. The largest absolute Gasteiger partial charge is 0.387 e. The van der Waals surface area contributed by atoms with E-state index in [1.165, 1.54) is 7.11 Å². The fourth-order valence-corrected chi connectivity index (χ4v) is 1.88. The number of ether oxygens (including phenoxy) is 3. The normalized spacial score (nSPS) is 31.7. The summed E-state index contributed by atoms with van der Waals surface area (Å²) in [6, 6.07) is 9.62. The number of aliphatic hydroxyl groups excluding tert-OH is 1. The quantitative estimate of drug-likeness (QED) is 0.862. The summed E-state index contributed by atoms with van der Waals surface area (Å²) >= 11 is 0. The Balaban J connectivity index is 1.77. The van der Waals surface area contributed by atoms with E-state index in [-0.39, 0.29) is 6.61 Å². The lowest BCUT2D eigenvalue weighted by molar-refractivity contribution is -0.146. The van der Waals surface area contributed by atoms with Crippen LogP contribution in [-0.2, 0) is 20.8 Å². The first-order valence-electron chi connectivity index (χ1n) is 5.84. The molecule has 1 saturated heterocycles. The highest BCUT2D eigenvalue weighted by molar-refractivity contribution is 5.13. The van der Waals surface area contributed by atoms with Gasteiger partial charge in [0.2, 0.25) is 0 Å². The van der Waals surface area contributed by atoms with E-state index in [1.54, 1.807) is 0 Å². The van der Waals surface area contributed by atoms with Gasteiger partial charge in [-0.15, -0.1) is 0 Å². The molecule has 1 aliphatic heterocycles. The zero-order valence-electron chi connectivity index (χ0n) is 10.2. The molecule has 0 radical (unpaired) electrons. The number of hydrogen-bond acceptors (Lipinski definition) is 4. The number of aliphatic hydroxyl groups is 1. The maximum Gasteiger partial charge on any atom is 0.191 e. The second kappa shape index (κ2) is 6.24. The number of alkyl halides is 1. The van der Waals surface area contributed by atoms with Crippen molar-refractivity contribution in [2.24, 2.45) is 0 Å². The maximum absolute atomic E-state index is 13.4. The Kier molecular flexibility index (Phi) is 4.66. The van der Waals surface area contributed by atoms with Gasteiger partial charge in [-0.05, 0) is 5.56 Å². The number of halogens is 1. The van der Waals surface area contributed by atoms with E-state index in [9.17, 15) is 9.50 Å². The minimum atomic E-state index is -1.53. The Bertz CT molecular complexity index is 359. The van der Waals surface area contributed by atoms with Gasteiger partial charge < -0.3 is 19.3 Å². The van der Waals surface area contributed by atoms with E-state index >= 15 is 0 Å². The van der Waals surface area contributed by atoms with Crippen LogP contribution in [0.2, 0.25) is 0 Å². The van der Waals surface area contributed by atoms with E-state index in [0.717, 1.165) is 5.56 Å². The van der Waals surface area contributed by atoms with Crippen LogP contribution >= 0.6 is 0 Å². The Labute approximate surface area is 105 Å². The molecular formula is C13H17FO4. The fourth-order valence-electron chi connectivity index (χ4n) is 1.88. The maximum atomic E-state index is 13.4. The lowest BCUT2D eigenvalue weighted by Gasteiger charge is -2.14. The molecule has 5 heteroatoms. The van der Waals surface area contributed by atoms with Gasteiger partial charge in [0.05, 0.1) is 13.2 Å². The number of benzene rings is 1. The van der Waals surface area contributed by atoms with Crippen LogP contribution in [-0.4, -0.2) is 43.5 Å². The van der Waals surface area contributed by atoms with Crippen molar-refractivity contribution in [2.45, 2.75) is 31.3 Å². The summed E-state index contributed by atoms with van der Waals surface area (Å²) in [4.78, 5) is 0. The van der Waals surface area contributed by atoms with Crippen LogP contribution in [0, 0.1) is 0 Å². The van der Waals surface area contributed by atoms with Crippen molar-refractivity contribution in [3.8, 4) is 0 Å². The number of methoxy groups -OCH3 is 1. The first-order chi connectivity index (χ1) is 8.72. The van der Waals surface area contributed by atoms with Gasteiger partial charge in [-0.1, -0.05) is 30.3 Å². The van der Waals surface area contributed by atoms with Crippen molar-refractivity contribution in [1.29, 1.82) is 0 Å². The van der Waals surface area contributed by atoms with Crippen molar-refractivity contribution in [1.82, 2.24) is 0 Å². The van der Waals surface area contributed by atoms with Gasteiger partial charge >= 0.3 is 0 Å². The smallest absolute Gasteiger partial charge is 0.191 e. The van der Waals surface area contributed by atoms with Crippen molar-refractivity contribution in [3.05, 3.63) is 35.9 Å². The molecule has 100 valence electrons. The monoisotopic (exact) mass is 256 g/mol. The molecule has 1 aromatic carbocycles. The van der Waals surface area contributed by atoms with Gasteiger partial charge in [-0.25, -0.2) is 4.39 Å². The van der Waals surface area contributed by atoms with Gasteiger partial charge in [0, 0.05) is 7.11 Å². The minimum Gasteiger partial charge on any atom is -0.387 e. The molecule has 1 heterocycles. The molecule has 0 amide bonds. The van der Waals surface area contributed by atoms with Gasteiger partial charge in [0.1, 0.15) is 12.2 Å². The average Bonchev–Trinajstić information content (AvgIpc) is 2.68. The summed E-state index contributed by atoms with van der Waals surface area (Å²) in [7, 11) is 1.34. The van der Waals surface area contributed by atoms with Crippen LogP contribution in [0.4, 0.5) is 4.39 Å². The predicted molar refractivity (Wildman–Crippen MR) is 62.7 cm³/mol. The van der Waals surface area contributed by atoms with Crippen molar-refractivity contribution < 1.29 is 23.7 Å². The van der Waals surface area contributed by atoms with E-state index in [1.807, 2.05) is 30.3 Å². The molecule has 1 N–H and O–H groups in total. The van der Waals surface area contributed by atoms with Gasteiger partial charge in [0.25, 0.3) is 0 Å². The highest BCUT2D eigenvalue weighted by Crippen LogP contribution is 2.24. The van der Waals surface area contributed by atoms with Crippen LogP contribution < -0.4 is 0 Å². The van der Waals surface area contributed by atoms with Crippen molar-refractivity contribution >= 4 is 0 Å². The third kappa shape index (κ3) is 3.05. The van der Waals surface area contributed by atoms with Crippen molar-refractivity contribution in [2.75, 3.05) is 13.7 Å². The summed E-state index contributed by atoms with van der Waals surface area (Å²) in [5, 5.41) is 9.60. The molecule has 1 fully saturated rings. The molecule has 18 heavy (non-hydrogen) atoms. The Morgan fingerprint density at radius 3 is 2.67 bits per heavy atom. The van der Waals surface area contributed by atoms with Crippen LogP contribution in [0.5, 0.6) is 0 Å². The standard InChI is InChI=1S/C13H17FO4/c1-16-13-11(14)12(15)10(18-13)8-17-7-9-5-3-2-4-6-9/h2-6,10-13,15H,7-8H2,1H3/t10-,11-,12-,13+/m1/s1. The lowest BCUT2D eigenvalue weighted by atomic mass is 10.2. The molecule has 0 aromatic heterocycles. The Morgan fingerprint density at radius 2 is 2.06 bits per heavy atom. The second-order valence-electron chi connectivity index (χ2n) is 4.21. The van der Waals surface area contributed by atoms with Gasteiger partial charge in [0.15, 0.2) is 12.5 Å². The zero-order valence-corrected chi connectivity index (χ0v) is 10.2. The van der Waals surface area contributed by atoms with E-state index in [2.05, 4.69) is 0 Å². The SMILES string of the molecule is CO[C@H]1O[C@H](COCc2ccccc2)[C@@H](O)[C@H]1F. The topological polar surface area (TPSA) is 47.9 Å². The zero-order chi connectivity index (χ0) is 13.0. The Morgan fingerprint density at radius 1 is 1.33 bits per heavy atom. The fraction of sp³-hybridized carbons (Fsp3) is 0.538. The van der Waals surface area contributed by atoms with Crippen LogP contribution in [0.15, 0.2) is 30.3 Å². The van der Waals surface area contributed by atoms with Gasteiger partial charge in [-0.2, -0.15) is 0 Å². The molecule has 1 aliphatic rings. The molecule has 0 aliphatic carbocycles. The lowest BCUT2D eigenvalue weighted by Crippen LogP contribution is -2.32. The summed E-state index contributed by atoms with van der Waals surface area (Å²) in [5.74, 6) is 0. The molecule has 0 spiro atoms. The third-order valence-electron chi connectivity index (χ3n) is 2.90. The molecule has 2 rings (SSSR count). The van der Waals surface area contributed by atoms with Crippen molar-refractivity contribution in [3.63, 3.8) is 0 Å². The highest BCUT2D eigenvalue weighted by atomic mass is 19.1.